The third kappa shape index (κ3) is 4.52. The van der Waals surface area contributed by atoms with E-state index in [1.54, 1.807) is 12.1 Å². The van der Waals surface area contributed by atoms with Crippen molar-refractivity contribution in [3.63, 3.8) is 0 Å². The Bertz CT molecular complexity index is 462. The van der Waals surface area contributed by atoms with Gasteiger partial charge in [-0.15, -0.1) is 12.4 Å². The van der Waals surface area contributed by atoms with Crippen LogP contribution >= 0.6 is 35.6 Å². The van der Waals surface area contributed by atoms with E-state index < -0.39 is 0 Å². The number of likely N-dealkylation sites (N-methyl/N-ethyl adjacent to an activating group) is 1. The summed E-state index contributed by atoms with van der Waals surface area (Å²) in [6.45, 7) is 1.88. The standard InChI is InChI=1S/C14H18Cl2N2O.ClH/c1-18(12-6-7-17-9-12)14(19)5-3-10-2-4-11(15)8-13(10)16;/h2,4,8,12,17H,3,5-7,9H2,1H3;1H. The number of nitrogens with one attached hydrogen (secondary N) is 1. The second-order valence-electron chi connectivity index (χ2n) is 4.89. The first-order valence-electron chi connectivity index (χ1n) is 6.48. The first-order valence-corrected chi connectivity index (χ1v) is 7.24. The van der Waals surface area contributed by atoms with Crippen LogP contribution in [0.4, 0.5) is 0 Å². The maximum absolute atomic E-state index is 12.1. The molecule has 1 amide bonds. The molecule has 1 N–H and O–H groups in total. The maximum Gasteiger partial charge on any atom is 0.222 e. The van der Waals surface area contributed by atoms with Crippen LogP contribution < -0.4 is 5.32 Å². The Kier molecular flexibility index (Phi) is 7.10. The summed E-state index contributed by atoms with van der Waals surface area (Å²) in [6.07, 6.45) is 2.16. The normalized spacial score (nSPS) is 17.6. The van der Waals surface area contributed by atoms with Crippen molar-refractivity contribution < 1.29 is 4.79 Å². The second-order valence-corrected chi connectivity index (χ2v) is 5.73. The van der Waals surface area contributed by atoms with Crippen LogP contribution in [0.5, 0.6) is 0 Å². The van der Waals surface area contributed by atoms with Crippen molar-refractivity contribution in [2.75, 3.05) is 20.1 Å². The molecule has 0 saturated carbocycles. The van der Waals surface area contributed by atoms with E-state index in [0.29, 0.717) is 28.9 Å². The highest BCUT2D eigenvalue weighted by Crippen LogP contribution is 2.22. The Labute approximate surface area is 136 Å². The first-order chi connectivity index (χ1) is 9.08. The van der Waals surface area contributed by atoms with Gasteiger partial charge in [-0.25, -0.2) is 0 Å². The Morgan fingerprint density at radius 2 is 2.20 bits per heavy atom. The van der Waals surface area contributed by atoms with Crippen molar-refractivity contribution in [3.05, 3.63) is 33.8 Å². The van der Waals surface area contributed by atoms with E-state index in [9.17, 15) is 4.79 Å². The highest BCUT2D eigenvalue weighted by atomic mass is 35.5. The summed E-state index contributed by atoms with van der Waals surface area (Å²) in [5.41, 5.74) is 0.970. The Morgan fingerprint density at radius 1 is 1.45 bits per heavy atom. The number of aryl methyl sites for hydroxylation is 1. The lowest BCUT2D eigenvalue weighted by Gasteiger charge is -2.23. The summed E-state index contributed by atoms with van der Waals surface area (Å²) in [6, 6.07) is 5.73. The summed E-state index contributed by atoms with van der Waals surface area (Å²) in [5, 5.41) is 4.52. The molecule has 0 aromatic heterocycles. The molecule has 0 radical (unpaired) electrons. The molecule has 1 saturated heterocycles. The number of nitrogens with zero attached hydrogens (tertiary/aromatic N) is 1. The lowest BCUT2D eigenvalue weighted by molar-refractivity contribution is -0.131. The minimum Gasteiger partial charge on any atom is -0.341 e. The number of hydrogen-bond acceptors (Lipinski definition) is 2. The van der Waals surface area contributed by atoms with Crippen molar-refractivity contribution in [1.29, 1.82) is 0 Å². The molecule has 112 valence electrons. The number of hydrogen-bond donors (Lipinski definition) is 1. The van der Waals surface area contributed by atoms with E-state index >= 15 is 0 Å². The van der Waals surface area contributed by atoms with Gasteiger partial charge in [0.25, 0.3) is 0 Å². The van der Waals surface area contributed by atoms with E-state index in [0.717, 1.165) is 25.1 Å². The number of carbonyl (C=O) groups excluding carboxylic acids is 1. The molecule has 6 heteroatoms. The van der Waals surface area contributed by atoms with Crippen molar-refractivity contribution in [2.24, 2.45) is 0 Å². The van der Waals surface area contributed by atoms with Gasteiger partial charge in [0, 0.05) is 36.1 Å². The van der Waals surface area contributed by atoms with Gasteiger partial charge in [-0.05, 0) is 37.1 Å². The first kappa shape index (κ1) is 17.6. The maximum atomic E-state index is 12.1. The molecule has 0 aliphatic carbocycles. The minimum absolute atomic E-state index is 0. The Balaban J connectivity index is 0.00000200. The summed E-state index contributed by atoms with van der Waals surface area (Å²) < 4.78 is 0. The van der Waals surface area contributed by atoms with E-state index in [2.05, 4.69) is 5.32 Å². The van der Waals surface area contributed by atoms with Gasteiger partial charge in [-0.3, -0.25) is 4.79 Å². The van der Waals surface area contributed by atoms with Gasteiger partial charge in [-0.1, -0.05) is 29.3 Å². The zero-order valence-corrected chi connectivity index (χ0v) is 13.7. The van der Waals surface area contributed by atoms with E-state index in [4.69, 9.17) is 23.2 Å². The molecule has 1 aromatic carbocycles. The van der Waals surface area contributed by atoms with Gasteiger partial charge in [-0.2, -0.15) is 0 Å². The summed E-state index contributed by atoms with van der Waals surface area (Å²) in [5.74, 6) is 0.166. The molecule has 1 aliphatic heterocycles. The molecule has 1 aromatic rings. The van der Waals surface area contributed by atoms with E-state index in [1.807, 2.05) is 18.0 Å². The molecule has 20 heavy (non-hydrogen) atoms. The van der Waals surface area contributed by atoms with Gasteiger partial charge in [0.05, 0.1) is 0 Å². The van der Waals surface area contributed by atoms with Crippen LogP contribution in [0.25, 0.3) is 0 Å². The zero-order valence-electron chi connectivity index (χ0n) is 11.4. The molecule has 0 spiro atoms. The van der Waals surface area contributed by atoms with Crippen LogP contribution in [-0.4, -0.2) is 37.0 Å². The largest absolute Gasteiger partial charge is 0.341 e. The smallest absolute Gasteiger partial charge is 0.222 e. The van der Waals surface area contributed by atoms with Gasteiger partial charge in [0.1, 0.15) is 0 Å². The van der Waals surface area contributed by atoms with E-state index in [-0.39, 0.29) is 18.3 Å². The number of carbonyl (C=O) groups is 1. The van der Waals surface area contributed by atoms with Gasteiger partial charge < -0.3 is 10.2 Å². The van der Waals surface area contributed by atoms with Crippen LogP contribution in [0.2, 0.25) is 10.0 Å². The van der Waals surface area contributed by atoms with Crippen LogP contribution in [0.1, 0.15) is 18.4 Å². The van der Waals surface area contributed by atoms with Gasteiger partial charge in [0.2, 0.25) is 5.91 Å². The lowest BCUT2D eigenvalue weighted by atomic mass is 10.1. The van der Waals surface area contributed by atoms with Gasteiger partial charge in [0.15, 0.2) is 0 Å². The Hall–Kier alpha value is -0.480. The van der Waals surface area contributed by atoms with Gasteiger partial charge >= 0.3 is 0 Å². The van der Waals surface area contributed by atoms with Crippen molar-refractivity contribution >= 4 is 41.5 Å². The SMILES string of the molecule is CN(C(=O)CCc1ccc(Cl)cc1Cl)C1CCNC1.Cl. The molecule has 2 rings (SSSR count). The fourth-order valence-electron chi connectivity index (χ4n) is 2.32. The average Bonchev–Trinajstić information content (AvgIpc) is 2.90. The predicted octanol–water partition coefficient (Wildman–Crippen LogP) is 3.17. The number of rotatable bonds is 4. The Morgan fingerprint density at radius 3 is 2.80 bits per heavy atom. The van der Waals surface area contributed by atoms with Crippen molar-refractivity contribution in [2.45, 2.75) is 25.3 Å². The average molecular weight is 338 g/mol. The topological polar surface area (TPSA) is 32.3 Å². The summed E-state index contributed by atoms with van der Waals surface area (Å²) in [7, 11) is 1.88. The van der Waals surface area contributed by atoms with E-state index in [1.165, 1.54) is 0 Å². The van der Waals surface area contributed by atoms with Crippen molar-refractivity contribution in [3.8, 4) is 0 Å². The minimum atomic E-state index is 0. The fraction of sp³-hybridized carbons (Fsp3) is 0.500. The van der Waals surface area contributed by atoms with Crippen LogP contribution in [0.15, 0.2) is 18.2 Å². The molecule has 1 unspecified atom stereocenters. The van der Waals surface area contributed by atoms with Crippen molar-refractivity contribution in [1.82, 2.24) is 10.2 Å². The number of benzene rings is 1. The monoisotopic (exact) mass is 336 g/mol. The number of amides is 1. The molecule has 1 atom stereocenters. The van der Waals surface area contributed by atoms with Crippen LogP contribution in [-0.2, 0) is 11.2 Å². The molecule has 1 fully saturated rings. The summed E-state index contributed by atoms with van der Waals surface area (Å²) >= 11 is 11.9. The van der Waals surface area contributed by atoms with Crippen LogP contribution in [0.3, 0.4) is 0 Å². The third-order valence-corrected chi connectivity index (χ3v) is 4.19. The second kappa shape index (κ2) is 8.08. The number of halogens is 3. The molecular formula is C14H19Cl3N2O. The molecule has 3 nitrogen and oxygen atoms in total. The molecule has 1 heterocycles. The lowest BCUT2D eigenvalue weighted by Crippen LogP contribution is -2.38. The molecular weight excluding hydrogens is 319 g/mol. The third-order valence-electron chi connectivity index (χ3n) is 3.60. The molecule has 0 bridgehead atoms. The fourth-order valence-corrected chi connectivity index (χ4v) is 2.82. The summed E-state index contributed by atoms with van der Waals surface area (Å²) in [4.78, 5) is 14.0. The quantitative estimate of drug-likeness (QED) is 0.915. The highest BCUT2D eigenvalue weighted by Gasteiger charge is 2.22. The molecule has 1 aliphatic rings. The van der Waals surface area contributed by atoms with Crippen LogP contribution in [0, 0.1) is 0 Å². The highest BCUT2D eigenvalue weighted by molar-refractivity contribution is 6.35. The predicted molar refractivity (Wildman–Crippen MR) is 86.1 cm³/mol. The zero-order chi connectivity index (χ0) is 13.8.